The van der Waals surface area contributed by atoms with Gasteiger partial charge in [0.15, 0.2) is 4.67 Å². The topological polar surface area (TPSA) is 55.1 Å². The van der Waals surface area contributed by atoms with E-state index in [0.717, 1.165) is 18.3 Å². The zero-order valence-electron chi connectivity index (χ0n) is 9.16. The number of amides is 1. The van der Waals surface area contributed by atoms with Gasteiger partial charge in [0, 0.05) is 0 Å². The molecule has 0 spiro atoms. The summed E-state index contributed by atoms with van der Waals surface area (Å²) in [5.74, 6) is -0.512. The second-order valence-corrected chi connectivity index (χ2v) is 4.21. The molecule has 1 N–H and O–H groups in total. The second kappa shape index (κ2) is 5.04. The highest BCUT2D eigenvalue weighted by molar-refractivity contribution is 9.10. The molecule has 0 saturated carbocycles. The van der Waals surface area contributed by atoms with E-state index >= 15 is 0 Å². The number of halogens is 4. The van der Waals surface area contributed by atoms with Gasteiger partial charge in [0.1, 0.15) is 5.69 Å². The first kappa shape index (κ1) is 13.6. The van der Waals surface area contributed by atoms with Crippen LogP contribution in [0.2, 0.25) is 0 Å². The van der Waals surface area contributed by atoms with Gasteiger partial charge in [-0.3, -0.25) is 4.79 Å². The molecule has 100 valence electrons. The SMILES string of the molecule is O=C(Nc1ccc(C(F)(F)F)nc1)c1ccoc1Br. The Labute approximate surface area is 113 Å². The van der Waals surface area contributed by atoms with Gasteiger partial charge < -0.3 is 9.73 Å². The molecule has 0 bridgehead atoms. The number of aromatic nitrogens is 1. The molecule has 0 unspecified atom stereocenters. The Balaban J connectivity index is 2.12. The number of carbonyl (C=O) groups excluding carboxylic acids is 1. The molecule has 0 aliphatic heterocycles. The van der Waals surface area contributed by atoms with Crippen molar-refractivity contribution in [2.24, 2.45) is 0 Å². The predicted octanol–water partition coefficient (Wildman–Crippen LogP) is 3.71. The van der Waals surface area contributed by atoms with Crippen molar-refractivity contribution in [1.29, 1.82) is 0 Å². The van der Waals surface area contributed by atoms with E-state index in [1.54, 1.807) is 0 Å². The fraction of sp³-hybridized carbons (Fsp3) is 0.0909. The van der Waals surface area contributed by atoms with Gasteiger partial charge in [0.25, 0.3) is 5.91 Å². The molecule has 0 aromatic carbocycles. The van der Waals surface area contributed by atoms with Crippen LogP contribution in [0.15, 0.2) is 39.7 Å². The number of carbonyl (C=O) groups is 1. The smallest absolute Gasteiger partial charge is 0.433 e. The van der Waals surface area contributed by atoms with Crippen LogP contribution >= 0.6 is 15.9 Å². The fourth-order valence-electron chi connectivity index (χ4n) is 1.29. The molecule has 0 radical (unpaired) electrons. The Morgan fingerprint density at radius 1 is 1.32 bits per heavy atom. The number of nitrogens with zero attached hydrogens (tertiary/aromatic N) is 1. The molecular formula is C11H6BrF3N2O2. The molecule has 2 heterocycles. The number of hydrogen-bond donors (Lipinski definition) is 1. The van der Waals surface area contributed by atoms with Gasteiger partial charge in [-0.05, 0) is 34.1 Å². The summed E-state index contributed by atoms with van der Waals surface area (Å²) in [5.41, 5.74) is -0.624. The van der Waals surface area contributed by atoms with Crippen molar-refractivity contribution in [2.75, 3.05) is 5.32 Å². The molecule has 0 aliphatic carbocycles. The minimum absolute atomic E-state index is 0.158. The zero-order chi connectivity index (χ0) is 14.0. The first-order chi connectivity index (χ1) is 8.88. The molecule has 0 atom stereocenters. The fourth-order valence-corrected chi connectivity index (χ4v) is 1.71. The third kappa shape index (κ3) is 3.14. The van der Waals surface area contributed by atoms with E-state index in [4.69, 9.17) is 4.42 Å². The second-order valence-electron chi connectivity index (χ2n) is 3.49. The van der Waals surface area contributed by atoms with Crippen LogP contribution in [0, 0.1) is 0 Å². The Hall–Kier alpha value is -1.83. The Morgan fingerprint density at radius 3 is 2.53 bits per heavy atom. The zero-order valence-corrected chi connectivity index (χ0v) is 10.7. The molecule has 0 aliphatic rings. The predicted molar refractivity (Wildman–Crippen MR) is 63.6 cm³/mol. The van der Waals surface area contributed by atoms with Crippen molar-refractivity contribution < 1.29 is 22.4 Å². The standard InChI is InChI=1S/C11H6BrF3N2O2/c12-9-7(3-4-19-9)10(18)17-6-1-2-8(16-5-6)11(13,14)15/h1-5H,(H,17,18). The maximum Gasteiger partial charge on any atom is 0.433 e. The van der Waals surface area contributed by atoms with Crippen LogP contribution < -0.4 is 5.32 Å². The monoisotopic (exact) mass is 334 g/mol. The van der Waals surface area contributed by atoms with Crippen LogP contribution in [0.5, 0.6) is 0 Å². The van der Waals surface area contributed by atoms with Gasteiger partial charge in [0.05, 0.1) is 23.7 Å². The molecule has 2 rings (SSSR count). The third-order valence-corrected chi connectivity index (χ3v) is 2.79. The summed E-state index contributed by atoms with van der Waals surface area (Å²) in [7, 11) is 0. The molecule has 1 amide bonds. The van der Waals surface area contributed by atoms with E-state index in [0.29, 0.717) is 0 Å². The van der Waals surface area contributed by atoms with Gasteiger partial charge in [-0.2, -0.15) is 13.2 Å². The average molecular weight is 335 g/mol. The number of nitrogens with one attached hydrogen (secondary N) is 1. The van der Waals surface area contributed by atoms with Crippen molar-refractivity contribution in [3.63, 3.8) is 0 Å². The molecule has 0 saturated heterocycles. The highest BCUT2D eigenvalue weighted by atomic mass is 79.9. The van der Waals surface area contributed by atoms with E-state index in [2.05, 4.69) is 26.2 Å². The molecule has 2 aromatic heterocycles. The van der Waals surface area contributed by atoms with Gasteiger partial charge in [-0.15, -0.1) is 0 Å². The largest absolute Gasteiger partial charge is 0.457 e. The lowest BCUT2D eigenvalue weighted by atomic mass is 10.3. The van der Waals surface area contributed by atoms with Crippen molar-refractivity contribution in [1.82, 2.24) is 4.98 Å². The molecule has 4 nitrogen and oxygen atoms in total. The highest BCUT2D eigenvalue weighted by Gasteiger charge is 2.32. The van der Waals surface area contributed by atoms with Crippen LogP contribution in [0.4, 0.5) is 18.9 Å². The van der Waals surface area contributed by atoms with Crippen LogP contribution in [-0.4, -0.2) is 10.9 Å². The average Bonchev–Trinajstić information content (AvgIpc) is 2.75. The first-order valence-corrected chi connectivity index (χ1v) is 5.75. The van der Waals surface area contributed by atoms with E-state index in [-0.39, 0.29) is 15.9 Å². The normalized spacial score (nSPS) is 11.4. The van der Waals surface area contributed by atoms with Gasteiger partial charge in [-0.25, -0.2) is 4.98 Å². The summed E-state index contributed by atoms with van der Waals surface area (Å²) < 4.78 is 42.0. The van der Waals surface area contributed by atoms with Gasteiger partial charge in [-0.1, -0.05) is 0 Å². The number of hydrogen-bond acceptors (Lipinski definition) is 3. The van der Waals surface area contributed by atoms with Crippen molar-refractivity contribution >= 4 is 27.5 Å². The first-order valence-electron chi connectivity index (χ1n) is 4.95. The maximum absolute atomic E-state index is 12.3. The van der Waals surface area contributed by atoms with Crippen molar-refractivity contribution in [3.8, 4) is 0 Å². The Morgan fingerprint density at radius 2 is 2.05 bits per heavy atom. The van der Waals surface area contributed by atoms with E-state index in [1.807, 2.05) is 0 Å². The van der Waals surface area contributed by atoms with Crippen LogP contribution in [-0.2, 0) is 6.18 Å². The lowest BCUT2D eigenvalue weighted by Crippen LogP contribution is -2.13. The molecule has 2 aromatic rings. The molecular weight excluding hydrogens is 329 g/mol. The minimum atomic E-state index is -4.50. The number of pyridine rings is 1. The number of furan rings is 1. The summed E-state index contributed by atoms with van der Waals surface area (Å²) >= 11 is 3.03. The molecule has 19 heavy (non-hydrogen) atoms. The molecule has 8 heteroatoms. The summed E-state index contributed by atoms with van der Waals surface area (Å²) in [6.07, 6.45) is -2.26. The summed E-state index contributed by atoms with van der Waals surface area (Å²) in [6, 6.07) is 3.35. The number of alkyl halides is 3. The maximum atomic E-state index is 12.3. The van der Waals surface area contributed by atoms with E-state index in [1.165, 1.54) is 12.3 Å². The Kier molecular flexibility index (Phi) is 3.61. The number of anilines is 1. The van der Waals surface area contributed by atoms with Crippen LogP contribution in [0.1, 0.15) is 16.1 Å². The lowest BCUT2D eigenvalue weighted by molar-refractivity contribution is -0.141. The van der Waals surface area contributed by atoms with Crippen molar-refractivity contribution in [2.45, 2.75) is 6.18 Å². The quantitative estimate of drug-likeness (QED) is 0.910. The highest BCUT2D eigenvalue weighted by Crippen LogP contribution is 2.28. The minimum Gasteiger partial charge on any atom is -0.457 e. The molecule has 0 fully saturated rings. The van der Waals surface area contributed by atoms with Crippen molar-refractivity contribution in [3.05, 3.63) is 46.6 Å². The lowest BCUT2D eigenvalue weighted by Gasteiger charge is -2.07. The summed E-state index contributed by atoms with van der Waals surface area (Å²) in [5, 5.41) is 2.41. The number of rotatable bonds is 2. The summed E-state index contributed by atoms with van der Waals surface area (Å²) in [4.78, 5) is 15.0. The Bertz CT molecular complexity index is 593. The van der Waals surface area contributed by atoms with Gasteiger partial charge >= 0.3 is 6.18 Å². The summed E-state index contributed by atoms with van der Waals surface area (Å²) in [6.45, 7) is 0. The van der Waals surface area contributed by atoms with E-state index in [9.17, 15) is 18.0 Å². The van der Waals surface area contributed by atoms with Crippen LogP contribution in [0.3, 0.4) is 0 Å². The van der Waals surface area contributed by atoms with E-state index < -0.39 is 17.8 Å². The third-order valence-electron chi connectivity index (χ3n) is 2.17. The van der Waals surface area contributed by atoms with Crippen LogP contribution in [0.25, 0.3) is 0 Å². The van der Waals surface area contributed by atoms with Gasteiger partial charge in [0.2, 0.25) is 0 Å².